The molecule has 1 heterocycles. The maximum Gasteiger partial charge on any atom is 0.225 e. The van der Waals surface area contributed by atoms with Gasteiger partial charge < -0.3 is 31.9 Å². The fraction of sp³-hybridized carbons (Fsp3) is 0.792. The van der Waals surface area contributed by atoms with E-state index < -0.39 is 0 Å². The summed E-state index contributed by atoms with van der Waals surface area (Å²) in [5.41, 5.74) is 0. The molecule has 5 amide bonds. The van der Waals surface area contributed by atoms with Gasteiger partial charge in [-0.1, -0.05) is 13.3 Å². The van der Waals surface area contributed by atoms with Crippen molar-refractivity contribution in [3.8, 4) is 0 Å². The highest BCUT2D eigenvalue weighted by Gasteiger charge is 2.28. The van der Waals surface area contributed by atoms with E-state index in [-0.39, 0.29) is 35.5 Å². The van der Waals surface area contributed by atoms with E-state index in [2.05, 4.69) is 31.9 Å². The van der Waals surface area contributed by atoms with Crippen LogP contribution in [-0.4, -0.2) is 77.9 Å². The lowest BCUT2D eigenvalue weighted by Gasteiger charge is -2.24. The Labute approximate surface area is 210 Å². The van der Waals surface area contributed by atoms with Gasteiger partial charge in [-0.2, -0.15) is 0 Å². The third-order valence-electron chi connectivity index (χ3n) is 5.42. The van der Waals surface area contributed by atoms with E-state index >= 15 is 0 Å². The van der Waals surface area contributed by atoms with Crippen molar-refractivity contribution in [2.45, 2.75) is 58.8 Å². The Bertz CT molecular complexity index is 606. The van der Waals surface area contributed by atoms with Crippen LogP contribution >= 0.6 is 0 Å². The minimum absolute atomic E-state index is 0.00463. The van der Waals surface area contributed by atoms with E-state index in [4.69, 9.17) is 0 Å². The van der Waals surface area contributed by atoms with Crippen LogP contribution in [0.25, 0.3) is 0 Å². The Morgan fingerprint density at radius 3 is 1.14 bits per heavy atom. The van der Waals surface area contributed by atoms with Gasteiger partial charge in [-0.05, 0) is 32.1 Å². The number of rotatable bonds is 5. The predicted molar refractivity (Wildman–Crippen MR) is 137 cm³/mol. The lowest BCUT2D eigenvalue weighted by Crippen LogP contribution is -2.49. The quantitative estimate of drug-likeness (QED) is 0.310. The normalized spacial score (nSPS) is 15.4. The summed E-state index contributed by atoms with van der Waals surface area (Å²) in [7, 11) is 8.29. The van der Waals surface area contributed by atoms with Gasteiger partial charge in [0.1, 0.15) is 0 Å². The second kappa shape index (κ2) is 21.8. The molecule has 1 aliphatic heterocycles. The van der Waals surface area contributed by atoms with Gasteiger partial charge in [-0.15, -0.1) is 0 Å². The molecule has 204 valence electrons. The van der Waals surface area contributed by atoms with Crippen LogP contribution in [0.2, 0.25) is 0 Å². The zero-order chi connectivity index (χ0) is 27.2. The van der Waals surface area contributed by atoms with Gasteiger partial charge in [0, 0.05) is 73.5 Å². The summed E-state index contributed by atoms with van der Waals surface area (Å²) in [6, 6.07) is 0. The van der Waals surface area contributed by atoms with Crippen molar-refractivity contribution in [2.75, 3.05) is 48.3 Å². The molecule has 3 rings (SSSR count). The topological polar surface area (TPSA) is 158 Å². The van der Waals surface area contributed by atoms with E-state index in [0.717, 1.165) is 45.2 Å². The minimum atomic E-state index is 0.00463. The fourth-order valence-electron chi connectivity index (χ4n) is 2.45. The van der Waals surface area contributed by atoms with E-state index in [1.807, 2.05) is 6.92 Å². The van der Waals surface area contributed by atoms with Crippen LogP contribution in [-0.2, 0) is 24.0 Å². The number of nitrogens with one attached hydrogen (secondary N) is 6. The molecule has 11 heteroatoms. The maximum absolute atomic E-state index is 10.7. The van der Waals surface area contributed by atoms with E-state index in [1.54, 1.807) is 35.2 Å². The zero-order valence-corrected chi connectivity index (χ0v) is 22.6. The Balaban J connectivity index is 0. The van der Waals surface area contributed by atoms with Gasteiger partial charge in [0.05, 0.1) is 5.92 Å². The summed E-state index contributed by atoms with van der Waals surface area (Å²) in [6.07, 6.45) is 7.20. The smallest absolute Gasteiger partial charge is 0.225 e. The highest BCUT2D eigenvalue weighted by Crippen LogP contribution is 2.28. The van der Waals surface area contributed by atoms with Gasteiger partial charge >= 0.3 is 0 Å². The molecule has 0 aromatic carbocycles. The van der Waals surface area contributed by atoms with Crippen LogP contribution in [0.5, 0.6) is 0 Å². The SMILES string of the molecule is CCCC(=O)NC.CNC(=O)C1CC1.CNC(=O)C1CCC1.CNC(=O)C1CNC1.CNC(C)=O. The Hall–Kier alpha value is -2.69. The molecule has 35 heavy (non-hydrogen) atoms. The Morgan fingerprint density at radius 2 is 1.06 bits per heavy atom. The molecule has 3 aliphatic rings. The standard InChI is InChI=1S/C6H11NO.C5H10N2O.C5H9NO.C5H11NO.C3H7NO/c1-7-6(8)5-3-2-4-5;1-6-5(8)4-2-7-3-4;1-6-5(7)4-2-3-4;1-3-4-5(7)6-2;1-3(5)4-2/h5H,2-4H2,1H3,(H,7,8);4,7H,2-3H2,1H3,(H,6,8);4H,2-3H2,1H3,(H,6,7);3-4H2,1-2H3,(H,6,7);1-2H3,(H,4,5). The van der Waals surface area contributed by atoms with Crippen molar-refractivity contribution in [3.05, 3.63) is 0 Å². The first-order valence-corrected chi connectivity index (χ1v) is 12.4. The van der Waals surface area contributed by atoms with E-state index in [0.29, 0.717) is 18.3 Å². The van der Waals surface area contributed by atoms with Crippen LogP contribution < -0.4 is 31.9 Å². The largest absolute Gasteiger partial charge is 0.359 e. The summed E-state index contributed by atoms with van der Waals surface area (Å²) in [5.74, 6) is 1.66. The van der Waals surface area contributed by atoms with Gasteiger partial charge in [-0.25, -0.2) is 0 Å². The summed E-state index contributed by atoms with van der Waals surface area (Å²) < 4.78 is 0. The molecule has 2 saturated carbocycles. The van der Waals surface area contributed by atoms with Crippen molar-refractivity contribution >= 4 is 29.5 Å². The van der Waals surface area contributed by atoms with Crippen LogP contribution in [0.15, 0.2) is 0 Å². The molecule has 11 nitrogen and oxygen atoms in total. The van der Waals surface area contributed by atoms with Crippen LogP contribution in [0.1, 0.15) is 58.8 Å². The molecule has 0 aromatic heterocycles. The number of carbonyl (C=O) groups is 5. The summed E-state index contributed by atoms with van der Waals surface area (Å²) in [4.78, 5) is 51.8. The van der Waals surface area contributed by atoms with Crippen molar-refractivity contribution in [1.82, 2.24) is 31.9 Å². The van der Waals surface area contributed by atoms with Gasteiger partial charge in [0.15, 0.2) is 0 Å². The second-order valence-corrected chi connectivity index (χ2v) is 8.33. The van der Waals surface area contributed by atoms with Crippen LogP contribution in [0.3, 0.4) is 0 Å². The molecule has 0 aromatic rings. The highest BCUT2D eigenvalue weighted by molar-refractivity contribution is 5.80. The highest BCUT2D eigenvalue weighted by atomic mass is 16.2. The molecule has 0 spiro atoms. The third kappa shape index (κ3) is 19.3. The first-order chi connectivity index (χ1) is 16.6. The molecular formula is C24H48N6O5. The summed E-state index contributed by atoms with van der Waals surface area (Å²) >= 11 is 0. The van der Waals surface area contributed by atoms with Crippen molar-refractivity contribution < 1.29 is 24.0 Å². The molecule has 0 atom stereocenters. The number of hydrogen-bond donors (Lipinski definition) is 6. The van der Waals surface area contributed by atoms with E-state index in [9.17, 15) is 24.0 Å². The lowest BCUT2D eigenvalue weighted by molar-refractivity contribution is -0.127. The first kappa shape index (κ1) is 34.5. The molecule has 1 saturated heterocycles. The number of hydrogen-bond acceptors (Lipinski definition) is 6. The first-order valence-electron chi connectivity index (χ1n) is 12.4. The second-order valence-electron chi connectivity index (χ2n) is 8.33. The molecule has 6 N–H and O–H groups in total. The molecule has 2 aliphatic carbocycles. The van der Waals surface area contributed by atoms with Gasteiger partial charge in [0.25, 0.3) is 0 Å². The molecule has 3 fully saturated rings. The van der Waals surface area contributed by atoms with Crippen LogP contribution in [0.4, 0.5) is 0 Å². The summed E-state index contributed by atoms with van der Waals surface area (Å²) in [5, 5.41) is 15.7. The predicted octanol–water partition coefficient (Wildman–Crippen LogP) is -0.0885. The number of carbonyl (C=O) groups excluding carboxylic acids is 5. The van der Waals surface area contributed by atoms with Crippen molar-refractivity contribution in [3.63, 3.8) is 0 Å². The zero-order valence-electron chi connectivity index (χ0n) is 22.6. The molecule has 0 radical (unpaired) electrons. The van der Waals surface area contributed by atoms with E-state index in [1.165, 1.54) is 13.3 Å². The maximum atomic E-state index is 10.7. The Morgan fingerprint density at radius 1 is 0.657 bits per heavy atom. The summed E-state index contributed by atoms with van der Waals surface area (Å²) in [6.45, 7) is 5.15. The minimum Gasteiger partial charge on any atom is -0.359 e. The molecular weight excluding hydrogens is 452 g/mol. The number of amides is 5. The van der Waals surface area contributed by atoms with Gasteiger partial charge in [-0.3, -0.25) is 24.0 Å². The lowest BCUT2D eigenvalue weighted by atomic mass is 9.85. The molecule has 0 bridgehead atoms. The third-order valence-corrected chi connectivity index (χ3v) is 5.42. The van der Waals surface area contributed by atoms with Crippen molar-refractivity contribution in [1.29, 1.82) is 0 Å². The van der Waals surface area contributed by atoms with Gasteiger partial charge in [0.2, 0.25) is 29.5 Å². The van der Waals surface area contributed by atoms with Crippen molar-refractivity contribution in [2.24, 2.45) is 17.8 Å². The average molecular weight is 501 g/mol. The fourth-order valence-corrected chi connectivity index (χ4v) is 2.45. The molecule has 0 unspecified atom stereocenters. The monoisotopic (exact) mass is 500 g/mol. The average Bonchev–Trinajstić information content (AvgIpc) is 3.63. The van der Waals surface area contributed by atoms with Crippen LogP contribution in [0, 0.1) is 17.8 Å². The Kier molecular flexibility index (Phi) is 21.5.